The number of likely N-dealkylation sites (tertiary alicyclic amines) is 1. The van der Waals surface area contributed by atoms with Crippen LogP contribution in [0.1, 0.15) is 65.9 Å². The van der Waals surface area contributed by atoms with Crippen molar-refractivity contribution in [3.05, 3.63) is 35.9 Å². The van der Waals surface area contributed by atoms with Crippen LogP contribution in [0.15, 0.2) is 30.3 Å². The van der Waals surface area contributed by atoms with Gasteiger partial charge in [-0.3, -0.25) is 19.2 Å². The Kier molecular flexibility index (Phi) is 17.6. The average molecular weight is 692 g/mol. The minimum absolute atomic E-state index is 0.00556. The molecule has 0 aromatic heterocycles. The quantitative estimate of drug-likeness (QED) is 0.134. The van der Waals surface area contributed by atoms with E-state index in [1.54, 1.807) is 23.8 Å². The van der Waals surface area contributed by atoms with Gasteiger partial charge < -0.3 is 45.9 Å². The molecule has 0 bridgehead atoms. The molecule has 1 aliphatic heterocycles. The standard InChI is InChI=1S/C36H61N5O8/c1-9-23(4)32(40(6)36(47)31(22(2)3)39-35(46)27(37)21-43)29(48-7)19-30(44)41-17-13-16-28(41)33(49-8)24(5)34(45)38-26(20-42)18-25-14-11-10-12-15-25/h10-12,14-15,22-24,26-29,31-33,42-43H,9,13,16-21,37H2,1-8H3,(H,38,45)(H,39,46)/t23-,24+,26-,27-,28-,29+,31-,32-,33+/m0/s1. The monoisotopic (exact) mass is 691 g/mol. The zero-order valence-electron chi connectivity index (χ0n) is 30.6. The van der Waals surface area contributed by atoms with E-state index in [-0.39, 0.29) is 48.6 Å². The van der Waals surface area contributed by atoms with Crippen molar-refractivity contribution in [2.45, 2.75) is 109 Å². The zero-order chi connectivity index (χ0) is 36.8. The highest BCUT2D eigenvalue weighted by Crippen LogP contribution is 2.29. The lowest BCUT2D eigenvalue weighted by Crippen LogP contribution is -2.59. The van der Waals surface area contributed by atoms with E-state index in [9.17, 15) is 29.4 Å². The molecular weight excluding hydrogens is 630 g/mol. The van der Waals surface area contributed by atoms with E-state index in [4.69, 9.17) is 15.2 Å². The summed E-state index contributed by atoms with van der Waals surface area (Å²) in [7, 11) is 4.71. The summed E-state index contributed by atoms with van der Waals surface area (Å²) in [5.41, 5.74) is 6.69. The van der Waals surface area contributed by atoms with E-state index < -0.39 is 54.8 Å². The lowest BCUT2D eigenvalue weighted by molar-refractivity contribution is -0.147. The topological polar surface area (TPSA) is 184 Å². The Labute approximate surface area is 292 Å². The summed E-state index contributed by atoms with van der Waals surface area (Å²) in [5.74, 6) is -2.34. The third-order valence-electron chi connectivity index (χ3n) is 9.91. The number of nitrogens with one attached hydrogen (secondary N) is 2. The Balaban J connectivity index is 2.22. The predicted molar refractivity (Wildman–Crippen MR) is 187 cm³/mol. The van der Waals surface area contributed by atoms with Crippen molar-refractivity contribution < 1.29 is 38.9 Å². The van der Waals surface area contributed by atoms with Crippen molar-refractivity contribution in [3.63, 3.8) is 0 Å². The van der Waals surface area contributed by atoms with Crippen LogP contribution in [0, 0.1) is 17.8 Å². The molecule has 6 N–H and O–H groups in total. The Bertz CT molecular complexity index is 1190. The van der Waals surface area contributed by atoms with Crippen LogP contribution < -0.4 is 16.4 Å². The number of benzene rings is 1. The number of hydrogen-bond acceptors (Lipinski definition) is 9. The fourth-order valence-electron chi connectivity index (χ4n) is 6.77. The molecule has 1 saturated heterocycles. The molecule has 1 aromatic carbocycles. The summed E-state index contributed by atoms with van der Waals surface area (Å²) in [4.78, 5) is 57.1. The first-order valence-electron chi connectivity index (χ1n) is 17.5. The molecule has 2 rings (SSSR count). The van der Waals surface area contributed by atoms with E-state index in [2.05, 4.69) is 10.6 Å². The highest BCUT2D eigenvalue weighted by molar-refractivity contribution is 5.90. The molecule has 0 aliphatic carbocycles. The second-order valence-electron chi connectivity index (χ2n) is 13.7. The third kappa shape index (κ3) is 11.5. The van der Waals surface area contributed by atoms with Crippen molar-refractivity contribution in [2.24, 2.45) is 23.5 Å². The molecule has 0 saturated carbocycles. The molecule has 1 aromatic rings. The second kappa shape index (κ2) is 20.5. The predicted octanol–water partition coefficient (Wildman–Crippen LogP) is 1.09. The number of aliphatic hydroxyl groups is 2. The Hall–Kier alpha value is -3.10. The Morgan fingerprint density at radius 2 is 1.65 bits per heavy atom. The maximum absolute atomic E-state index is 14.0. The van der Waals surface area contributed by atoms with Gasteiger partial charge in [0.1, 0.15) is 12.1 Å². The van der Waals surface area contributed by atoms with E-state index in [1.807, 2.05) is 58.0 Å². The van der Waals surface area contributed by atoms with Gasteiger partial charge in [0.15, 0.2) is 0 Å². The molecule has 1 fully saturated rings. The summed E-state index contributed by atoms with van der Waals surface area (Å²) in [6.07, 6.45) is 1.34. The van der Waals surface area contributed by atoms with Gasteiger partial charge in [0.25, 0.3) is 0 Å². The van der Waals surface area contributed by atoms with Gasteiger partial charge in [0.05, 0.1) is 55.9 Å². The summed E-state index contributed by atoms with van der Waals surface area (Å²) in [6, 6.07) is 6.25. The average Bonchev–Trinajstić information content (AvgIpc) is 3.59. The Morgan fingerprint density at radius 3 is 2.18 bits per heavy atom. The number of aliphatic hydroxyl groups excluding tert-OH is 2. The molecule has 49 heavy (non-hydrogen) atoms. The van der Waals surface area contributed by atoms with Crippen LogP contribution in [0.4, 0.5) is 0 Å². The Morgan fingerprint density at radius 1 is 1.00 bits per heavy atom. The van der Waals surface area contributed by atoms with E-state index >= 15 is 0 Å². The number of ether oxygens (including phenoxy) is 2. The number of hydrogen-bond donors (Lipinski definition) is 5. The van der Waals surface area contributed by atoms with Gasteiger partial charge in [0.2, 0.25) is 23.6 Å². The van der Waals surface area contributed by atoms with Gasteiger partial charge in [-0.25, -0.2) is 0 Å². The fraction of sp³-hybridized carbons (Fsp3) is 0.722. The molecule has 0 radical (unpaired) electrons. The highest BCUT2D eigenvalue weighted by Gasteiger charge is 2.43. The number of methoxy groups -OCH3 is 2. The first-order chi connectivity index (χ1) is 23.2. The molecule has 0 spiro atoms. The van der Waals surface area contributed by atoms with Crippen LogP contribution in [-0.4, -0.2) is 127 Å². The van der Waals surface area contributed by atoms with Crippen molar-refractivity contribution in [1.29, 1.82) is 0 Å². The van der Waals surface area contributed by atoms with Crippen molar-refractivity contribution >= 4 is 23.6 Å². The normalized spacial score (nSPS) is 19.7. The van der Waals surface area contributed by atoms with Crippen LogP contribution in [0.2, 0.25) is 0 Å². The van der Waals surface area contributed by atoms with E-state index in [0.29, 0.717) is 25.8 Å². The number of likely N-dealkylation sites (N-methyl/N-ethyl adjacent to an activating group) is 1. The number of amides is 4. The van der Waals surface area contributed by atoms with Crippen LogP contribution in [0.5, 0.6) is 0 Å². The number of rotatable bonds is 20. The van der Waals surface area contributed by atoms with Crippen molar-refractivity contribution in [3.8, 4) is 0 Å². The van der Waals surface area contributed by atoms with Crippen LogP contribution in [0.3, 0.4) is 0 Å². The van der Waals surface area contributed by atoms with Gasteiger partial charge >= 0.3 is 0 Å². The zero-order valence-corrected chi connectivity index (χ0v) is 30.6. The molecule has 1 heterocycles. The van der Waals surface area contributed by atoms with Crippen molar-refractivity contribution in [2.75, 3.05) is 41.0 Å². The fourth-order valence-corrected chi connectivity index (χ4v) is 6.77. The molecule has 278 valence electrons. The highest BCUT2D eigenvalue weighted by atomic mass is 16.5. The molecular formula is C36H61N5O8. The van der Waals surface area contributed by atoms with Crippen LogP contribution in [-0.2, 0) is 35.1 Å². The first-order valence-corrected chi connectivity index (χ1v) is 17.5. The molecule has 13 nitrogen and oxygen atoms in total. The third-order valence-corrected chi connectivity index (χ3v) is 9.91. The lowest BCUT2D eigenvalue weighted by Gasteiger charge is -2.41. The number of nitrogens with two attached hydrogens (primary N) is 1. The van der Waals surface area contributed by atoms with E-state index in [1.165, 1.54) is 14.2 Å². The molecule has 1 aliphatic rings. The van der Waals surface area contributed by atoms with Gasteiger partial charge in [-0.2, -0.15) is 0 Å². The maximum atomic E-state index is 14.0. The molecule has 13 heteroatoms. The maximum Gasteiger partial charge on any atom is 0.245 e. The number of carbonyl (C=O) groups is 4. The second-order valence-corrected chi connectivity index (χ2v) is 13.7. The smallest absolute Gasteiger partial charge is 0.245 e. The van der Waals surface area contributed by atoms with Crippen LogP contribution in [0.25, 0.3) is 0 Å². The van der Waals surface area contributed by atoms with Gasteiger partial charge in [-0.1, -0.05) is 71.4 Å². The van der Waals surface area contributed by atoms with Crippen molar-refractivity contribution in [1.82, 2.24) is 20.4 Å². The van der Waals surface area contributed by atoms with E-state index in [0.717, 1.165) is 12.0 Å². The summed E-state index contributed by atoms with van der Waals surface area (Å²) < 4.78 is 11.8. The number of nitrogens with zero attached hydrogens (tertiary/aromatic N) is 2. The van der Waals surface area contributed by atoms with Gasteiger partial charge in [-0.15, -0.1) is 0 Å². The first kappa shape index (κ1) is 42.1. The van der Waals surface area contributed by atoms with Gasteiger partial charge in [0, 0.05) is 27.8 Å². The molecule has 9 atom stereocenters. The largest absolute Gasteiger partial charge is 0.394 e. The summed E-state index contributed by atoms with van der Waals surface area (Å²) >= 11 is 0. The SMILES string of the molecule is CC[C@H](C)[C@@H]([C@@H](CC(=O)N1CCC[C@H]1[C@H](OC)[C@@H](C)C(=O)N[C@H](CO)Cc1ccccc1)OC)N(C)C(=O)[C@@H](NC(=O)[C@@H](N)CO)C(C)C. The van der Waals surface area contributed by atoms with Gasteiger partial charge in [-0.05, 0) is 36.7 Å². The summed E-state index contributed by atoms with van der Waals surface area (Å²) in [5, 5.41) is 24.9. The minimum Gasteiger partial charge on any atom is -0.394 e. The molecule has 4 amide bonds. The minimum atomic E-state index is -1.16. The van der Waals surface area contributed by atoms with Crippen LogP contribution >= 0.6 is 0 Å². The number of carbonyl (C=O) groups excluding carboxylic acids is 4. The summed E-state index contributed by atoms with van der Waals surface area (Å²) in [6.45, 7) is 9.12. The molecule has 0 unspecified atom stereocenters. The lowest BCUT2D eigenvalue weighted by atomic mass is 9.89.